The fourth-order valence-corrected chi connectivity index (χ4v) is 1.61. The summed E-state index contributed by atoms with van der Waals surface area (Å²) in [5, 5.41) is 0. The Bertz CT molecular complexity index is 342. The van der Waals surface area contributed by atoms with E-state index in [1.54, 1.807) is 0 Å². The summed E-state index contributed by atoms with van der Waals surface area (Å²) in [4.78, 5) is 11.6. The van der Waals surface area contributed by atoms with Gasteiger partial charge in [0.05, 0.1) is 12.2 Å². The van der Waals surface area contributed by atoms with Crippen LogP contribution in [0.3, 0.4) is 0 Å². The first-order valence-electron chi connectivity index (χ1n) is 4.54. The van der Waals surface area contributed by atoms with Gasteiger partial charge in [-0.1, -0.05) is 12.1 Å². The monoisotopic (exact) mass is 176 g/mol. The minimum Gasteiger partial charge on any atom is -0.493 e. The van der Waals surface area contributed by atoms with Crippen LogP contribution in [0.4, 0.5) is 0 Å². The number of para-hydroxylation sites is 1. The lowest BCUT2D eigenvalue weighted by atomic mass is 10.0. The van der Waals surface area contributed by atoms with E-state index in [1.165, 1.54) is 0 Å². The molecule has 0 bridgehead atoms. The molecule has 0 amide bonds. The van der Waals surface area contributed by atoms with Gasteiger partial charge in [0.1, 0.15) is 5.75 Å². The molecule has 68 valence electrons. The van der Waals surface area contributed by atoms with Crippen molar-refractivity contribution in [2.45, 2.75) is 19.8 Å². The van der Waals surface area contributed by atoms with Crippen LogP contribution in [0.1, 0.15) is 28.8 Å². The lowest BCUT2D eigenvalue weighted by Crippen LogP contribution is -1.98. The molecule has 1 heterocycles. The van der Waals surface area contributed by atoms with Gasteiger partial charge in [0.15, 0.2) is 5.78 Å². The second kappa shape index (κ2) is 3.21. The van der Waals surface area contributed by atoms with Crippen LogP contribution in [0, 0.1) is 6.92 Å². The molecule has 2 nitrogen and oxygen atoms in total. The number of fused-ring (bicyclic) bond motifs is 1. The Morgan fingerprint density at radius 3 is 3.08 bits per heavy atom. The lowest BCUT2D eigenvalue weighted by Gasteiger charge is -2.08. The number of carbonyl (C=O) groups is 1. The molecule has 0 N–H and O–H groups in total. The molecule has 0 saturated carbocycles. The van der Waals surface area contributed by atoms with Crippen LogP contribution in [0.2, 0.25) is 0 Å². The third-order valence-electron chi connectivity index (χ3n) is 2.31. The van der Waals surface area contributed by atoms with Gasteiger partial charge in [-0.05, 0) is 25.0 Å². The first kappa shape index (κ1) is 8.30. The highest BCUT2D eigenvalue weighted by Crippen LogP contribution is 2.27. The number of ether oxygens (including phenoxy) is 1. The summed E-state index contributed by atoms with van der Waals surface area (Å²) in [6.07, 6.45) is 1.43. The number of hydrogen-bond acceptors (Lipinski definition) is 2. The van der Waals surface area contributed by atoms with Gasteiger partial charge >= 0.3 is 0 Å². The second-order valence-electron chi connectivity index (χ2n) is 3.33. The lowest BCUT2D eigenvalue weighted by molar-refractivity contribution is 0.0983. The number of carbonyl (C=O) groups excluding carboxylic acids is 1. The third kappa shape index (κ3) is 1.44. The van der Waals surface area contributed by atoms with Gasteiger partial charge in [-0.25, -0.2) is 0 Å². The van der Waals surface area contributed by atoms with Crippen molar-refractivity contribution < 1.29 is 9.53 Å². The molecule has 0 fully saturated rings. The first-order chi connectivity index (χ1) is 6.29. The van der Waals surface area contributed by atoms with Gasteiger partial charge in [0, 0.05) is 6.42 Å². The summed E-state index contributed by atoms with van der Waals surface area (Å²) in [5.74, 6) is 0.987. The van der Waals surface area contributed by atoms with Crippen molar-refractivity contribution in [1.82, 2.24) is 0 Å². The average Bonchev–Trinajstić information content (AvgIpc) is 2.30. The zero-order valence-electron chi connectivity index (χ0n) is 7.67. The van der Waals surface area contributed by atoms with Crippen molar-refractivity contribution >= 4 is 5.78 Å². The van der Waals surface area contributed by atoms with Crippen LogP contribution in [-0.4, -0.2) is 12.4 Å². The Balaban J connectivity index is 2.54. The molecule has 1 aliphatic rings. The molecule has 13 heavy (non-hydrogen) atoms. The van der Waals surface area contributed by atoms with Crippen LogP contribution in [0.25, 0.3) is 0 Å². The summed E-state index contributed by atoms with van der Waals surface area (Å²) in [6.45, 7) is 2.63. The standard InChI is InChI=1S/C11H12O2/c1-8-4-2-5-9-10(12)6-3-7-13-11(8)9/h2,4-5H,3,6-7H2,1H3. The van der Waals surface area contributed by atoms with Gasteiger partial charge in [-0.3, -0.25) is 4.79 Å². The minimum absolute atomic E-state index is 0.205. The Labute approximate surface area is 77.5 Å². The van der Waals surface area contributed by atoms with Gasteiger partial charge in [0.2, 0.25) is 0 Å². The maximum atomic E-state index is 11.6. The van der Waals surface area contributed by atoms with Crippen LogP contribution in [-0.2, 0) is 0 Å². The SMILES string of the molecule is Cc1cccc2c1OCCCC2=O. The molecule has 1 aromatic carbocycles. The third-order valence-corrected chi connectivity index (χ3v) is 2.31. The quantitative estimate of drug-likeness (QED) is 0.606. The molecule has 1 aromatic rings. The summed E-state index contributed by atoms with van der Waals surface area (Å²) < 4.78 is 5.53. The molecule has 0 atom stereocenters. The molecule has 1 aliphatic heterocycles. The minimum atomic E-state index is 0.205. The predicted octanol–water partition coefficient (Wildman–Crippen LogP) is 2.35. The maximum Gasteiger partial charge on any atom is 0.166 e. The number of hydrogen-bond donors (Lipinski definition) is 0. The van der Waals surface area contributed by atoms with Gasteiger partial charge in [-0.15, -0.1) is 0 Å². The Kier molecular flexibility index (Phi) is 2.05. The summed E-state index contributed by atoms with van der Waals surface area (Å²) in [5.41, 5.74) is 1.80. The van der Waals surface area contributed by atoms with E-state index in [9.17, 15) is 4.79 Å². The molecule has 0 saturated heterocycles. The second-order valence-corrected chi connectivity index (χ2v) is 3.33. The van der Waals surface area contributed by atoms with Gasteiger partial charge in [-0.2, -0.15) is 0 Å². The smallest absolute Gasteiger partial charge is 0.166 e. The molecule has 2 rings (SSSR count). The topological polar surface area (TPSA) is 26.3 Å². The van der Waals surface area contributed by atoms with Gasteiger partial charge in [0.25, 0.3) is 0 Å². The van der Waals surface area contributed by atoms with Crippen LogP contribution in [0.5, 0.6) is 5.75 Å². The van der Waals surface area contributed by atoms with Crippen molar-refractivity contribution in [2.24, 2.45) is 0 Å². The number of benzene rings is 1. The normalized spacial score (nSPS) is 15.9. The van der Waals surface area contributed by atoms with Crippen molar-refractivity contribution in [3.63, 3.8) is 0 Å². The largest absolute Gasteiger partial charge is 0.493 e. The van der Waals surface area contributed by atoms with E-state index in [1.807, 2.05) is 25.1 Å². The molecular formula is C11H12O2. The van der Waals surface area contributed by atoms with E-state index < -0.39 is 0 Å². The van der Waals surface area contributed by atoms with Crippen molar-refractivity contribution in [1.29, 1.82) is 0 Å². The summed E-state index contributed by atoms with van der Waals surface area (Å²) in [6, 6.07) is 5.72. The highest BCUT2D eigenvalue weighted by atomic mass is 16.5. The number of Topliss-reactive ketones (excluding diaryl/α,β-unsaturated/α-hetero) is 1. The molecule has 0 spiro atoms. The highest BCUT2D eigenvalue weighted by Gasteiger charge is 2.17. The van der Waals surface area contributed by atoms with E-state index in [0.717, 1.165) is 23.3 Å². The van der Waals surface area contributed by atoms with E-state index in [2.05, 4.69) is 0 Å². The zero-order chi connectivity index (χ0) is 9.26. The fourth-order valence-electron chi connectivity index (χ4n) is 1.61. The van der Waals surface area contributed by atoms with Crippen LogP contribution in [0.15, 0.2) is 18.2 Å². The Morgan fingerprint density at radius 1 is 1.38 bits per heavy atom. The first-order valence-corrected chi connectivity index (χ1v) is 4.54. The molecule has 0 unspecified atom stereocenters. The number of rotatable bonds is 0. The highest BCUT2D eigenvalue weighted by molar-refractivity contribution is 5.99. The summed E-state index contributed by atoms with van der Waals surface area (Å²) >= 11 is 0. The van der Waals surface area contributed by atoms with Crippen molar-refractivity contribution in [3.8, 4) is 5.75 Å². The molecule has 2 heteroatoms. The molecular weight excluding hydrogens is 164 g/mol. The van der Waals surface area contributed by atoms with Crippen LogP contribution >= 0.6 is 0 Å². The fraction of sp³-hybridized carbons (Fsp3) is 0.364. The number of aryl methyl sites for hydroxylation is 1. The zero-order valence-corrected chi connectivity index (χ0v) is 7.67. The molecule has 0 aromatic heterocycles. The Morgan fingerprint density at radius 2 is 2.23 bits per heavy atom. The number of ketones is 1. The van der Waals surface area contributed by atoms with Crippen LogP contribution < -0.4 is 4.74 Å². The Hall–Kier alpha value is -1.31. The van der Waals surface area contributed by atoms with E-state index in [-0.39, 0.29) is 5.78 Å². The van der Waals surface area contributed by atoms with Crippen molar-refractivity contribution in [3.05, 3.63) is 29.3 Å². The van der Waals surface area contributed by atoms with Gasteiger partial charge < -0.3 is 4.74 Å². The molecule has 0 radical (unpaired) electrons. The van der Waals surface area contributed by atoms with Crippen molar-refractivity contribution in [2.75, 3.05) is 6.61 Å². The van der Waals surface area contributed by atoms with E-state index >= 15 is 0 Å². The van der Waals surface area contributed by atoms with E-state index in [0.29, 0.717) is 13.0 Å². The average molecular weight is 176 g/mol. The maximum absolute atomic E-state index is 11.6. The van der Waals surface area contributed by atoms with E-state index in [4.69, 9.17) is 4.74 Å². The summed E-state index contributed by atoms with van der Waals surface area (Å²) in [7, 11) is 0. The predicted molar refractivity (Wildman–Crippen MR) is 50.2 cm³/mol. The molecule has 0 aliphatic carbocycles.